The molecular formula is C14H12BrN3O2S. The van der Waals surface area contributed by atoms with Crippen molar-refractivity contribution in [3.63, 3.8) is 0 Å². The fraction of sp³-hybridized carbons (Fsp3) is 0.0714. The predicted molar refractivity (Wildman–Crippen MR) is 91.8 cm³/mol. The van der Waals surface area contributed by atoms with Crippen LogP contribution < -0.4 is 10.6 Å². The number of aryl methyl sites for hydroxylation is 1. The minimum absolute atomic E-state index is 0.0446. The maximum Gasteiger partial charge on any atom is 0.269 e. The lowest BCUT2D eigenvalue weighted by molar-refractivity contribution is -0.384. The van der Waals surface area contributed by atoms with Gasteiger partial charge in [-0.25, -0.2) is 0 Å². The number of nitrogens with one attached hydrogen (secondary N) is 2. The highest BCUT2D eigenvalue weighted by atomic mass is 79.9. The molecule has 21 heavy (non-hydrogen) atoms. The Morgan fingerprint density at radius 3 is 2.43 bits per heavy atom. The highest BCUT2D eigenvalue weighted by molar-refractivity contribution is 9.10. The number of benzene rings is 2. The molecule has 0 aliphatic rings. The molecular weight excluding hydrogens is 354 g/mol. The van der Waals surface area contributed by atoms with Crippen LogP contribution in [0.4, 0.5) is 17.1 Å². The minimum atomic E-state index is -0.439. The van der Waals surface area contributed by atoms with Crippen LogP contribution in [0, 0.1) is 17.0 Å². The molecule has 2 aromatic carbocycles. The molecule has 2 rings (SSSR count). The summed E-state index contributed by atoms with van der Waals surface area (Å²) >= 11 is 8.63. The summed E-state index contributed by atoms with van der Waals surface area (Å²) in [6.45, 7) is 1.97. The van der Waals surface area contributed by atoms with Gasteiger partial charge in [0.15, 0.2) is 5.11 Å². The second-order valence-electron chi connectivity index (χ2n) is 4.34. The Morgan fingerprint density at radius 2 is 1.86 bits per heavy atom. The van der Waals surface area contributed by atoms with Gasteiger partial charge in [0.25, 0.3) is 5.69 Å². The highest BCUT2D eigenvalue weighted by Crippen LogP contribution is 2.21. The molecule has 0 heterocycles. The van der Waals surface area contributed by atoms with Crippen LogP contribution >= 0.6 is 28.1 Å². The van der Waals surface area contributed by atoms with Crippen LogP contribution in [0.5, 0.6) is 0 Å². The number of hydrogen-bond acceptors (Lipinski definition) is 3. The van der Waals surface area contributed by atoms with E-state index in [-0.39, 0.29) is 5.69 Å². The third kappa shape index (κ3) is 4.24. The molecule has 0 radical (unpaired) electrons. The predicted octanol–water partition coefficient (Wildman–Crippen LogP) is 4.47. The number of nitro benzene ring substituents is 1. The third-order valence-electron chi connectivity index (χ3n) is 2.77. The first-order chi connectivity index (χ1) is 9.95. The molecule has 5 nitrogen and oxygen atoms in total. The number of halogens is 1. The first kappa shape index (κ1) is 15.4. The van der Waals surface area contributed by atoms with Crippen LogP contribution in [0.3, 0.4) is 0 Å². The van der Waals surface area contributed by atoms with E-state index in [1.807, 2.05) is 25.1 Å². The molecule has 0 bridgehead atoms. The van der Waals surface area contributed by atoms with Gasteiger partial charge in [0, 0.05) is 28.0 Å². The molecule has 0 unspecified atom stereocenters. The minimum Gasteiger partial charge on any atom is -0.332 e. The van der Waals surface area contributed by atoms with Gasteiger partial charge in [0.1, 0.15) is 0 Å². The van der Waals surface area contributed by atoms with Crippen molar-refractivity contribution in [2.45, 2.75) is 6.92 Å². The lowest BCUT2D eigenvalue weighted by Gasteiger charge is -2.12. The first-order valence-electron chi connectivity index (χ1n) is 6.04. The molecule has 0 amide bonds. The topological polar surface area (TPSA) is 67.2 Å². The van der Waals surface area contributed by atoms with E-state index in [1.54, 1.807) is 12.1 Å². The van der Waals surface area contributed by atoms with Gasteiger partial charge in [-0.1, -0.05) is 15.9 Å². The summed E-state index contributed by atoms with van der Waals surface area (Å²) in [5, 5.41) is 17.1. The van der Waals surface area contributed by atoms with Gasteiger partial charge in [-0.05, 0) is 55.0 Å². The maximum atomic E-state index is 10.6. The van der Waals surface area contributed by atoms with E-state index >= 15 is 0 Å². The van der Waals surface area contributed by atoms with Crippen molar-refractivity contribution in [1.82, 2.24) is 0 Å². The molecule has 0 saturated carbocycles. The number of anilines is 2. The number of thiocarbonyl (C=S) groups is 1. The average molecular weight is 366 g/mol. The van der Waals surface area contributed by atoms with Crippen molar-refractivity contribution >= 4 is 50.3 Å². The highest BCUT2D eigenvalue weighted by Gasteiger charge is 2.06. The van der Waals surface area contributed by atoms with Crippen LogP contribution in [0.15, 0.2) is 46.9 Å². The zero-order valence-corrected chi connectivity index (χ0v) is 13.5. The molecule has 7 heteroatoms. The number of nitrogens with zero attached hydrogens (tertiary/aromatic N) is 1. The summed E-state index contributed by atoms with van der Waals surface area (Å²) < 4.78 is 1.000. The Morgan fingerprint density at radius 1 is 1.19 bits per heavy atom. The molecule has 0 aliphatic carbocycles. The first-order valence-corrected chi connectivity index (χ1v) is 7.24. The second-order valence-corrected chi connectivity index (χ2v) is 5.67. The van der Waals surface area contributed by atoms with E-state index in [1.165, 1.54) is 12.1 Å². The number of nitro groups is 1. The fourth-order valence-electron chi connectivity index (χ4n) is 1.72. The standard InChI is InChI=1S/C14H12BrN3O2S/c1-9-8-10(15)2-7-13(9)17-14(21)16-11-3-5-12(6-4-11)18(19)20/h2-8H,1H3,(H2,16,17,21). The molecule has 0 saturated heterocycles. The largest absolute Gasteiger partial charge is 0.332 e. The number of hydrogen-bond donors (Lipinski definition) is 2. The lowest BCUT2D eigenvalue weighted by atomic mass is 10.2. The summed E-state index contributed by atoms with van der Waals surface area (Å²) in [4.78, 5) is 10.1. The smallest absolute Gasteiger partial charge is 0.269 e. The molecule has 0 aromatic heterocycles. The zero-order chi connectivity index (χ0) is 15.4. The molecule has 0 spiro atoms. The Hall–Kier alpha value is -1.99. The second kappa shape index (κ2) is 6.64. The average Bonchev–Trinajstić information content (AvgIpc) is 2.42. The number of non-ortho nitro benzene ring substituents is 1. The fourth-order valence-corrected chi connectivity index (χ4v) is 2.42. The molecule has 108 valence electrons. The Bertz CT molecular complexity index is 689. The van der Waals surface area contributed by atoms with Gasteiger partial charge >= 0.3 is 0 Å². The Kier molecular flexibility index (Phi) is 4.87. The van der Waals surface area contributed by atoms with E-state index in [0.717, 1.165) is 15.7 Å². The van der Waals surface area contributed by atoms with E-state index in [0.29, 0.717) is 10.8 Å². The van der Waals surface area contributed by atoms with Gasteiger partial charge in [0.05, 0.1) is 4.92 Å². The quantitative estimate of drug-likeness (QED) is 0.477. The molecule has 2 N–H and O–H groups in total. The van der Waals surface area contributed by atoms with Crippen molar-refractivity contribution < 1.29 is 4.92 Å². The van der Waals surface area contributed by atoms with Gasteiger partial charge in [-0.3, -0.25) is 10.1 Å². The molecule has 0 aliphatic heterocycles. The molecule has 0 fully saturated rings. The normalized spacial score (nSPS) is 10.0. The van der Waals surface area contributed by atoms with Crippen LogP contribution in [-0.4, -0.2) is 10.0 Å². The van der Waals surface area contributed by atoms with E-state index in [9.17, 15) is 10.1 Å². The maximum absolute atomic E-state index is 10.6. The lowest BCUT2D eigenvalue weighted by Crippen LogP contribution is -2.19. The summed E-state index contributed by atoms with van der Waals surface area (Å²) in [7, 11) is 0. The van der Waals surface area contributed by atoms with Crippen LogP contribution in [-0.2, 0) is 0 Å². The van der Waals surface area contributed by atoms with Crippen molar-refractivity contribution in [2.75, 3.05) is 10.6 Å². The van der Waals surface area contributed by atoms with Crippen LogP contribution in [0.2, 0.25) is 0 Å². The van der Waals surface area contributed by atoms with E-state index in [4.69, 9.17) is 12.2 Å². The van der Waals surface area contributed by atoms with Crippen molar-refractivity contribution in [2.24, 2.45) is 0 Å². The molecule has 2 aromatic rings. The monoisotopic (exact) mass is 365 g/mol. The summed E-state index contributed by atoms with van der Waals surface area (Å²) in [5.74, 6) is 0. The summed E-state index contributed by atoms with van der Waals surface area (Å²) in [5.41, 5.74) is 2.69. The molecule has 0 atom stereocenters. The van der Waals surface area contributed by atoms with Crippen LogP contribution in [0.25, 0.3) is 0 Å². The third-order valence-corrected chi connectivity index (χ3v) is 3.47. The van der Waals surface area contributed by atoms with Crippen molar-refractivity contribution in [3.8, 4) is 0 Å². The zero-order valence-electron chi connectivity index (χ0n) is 11.1. The van der Waals surface area contributed by atoms with Gasteiger partial charge in [-0.15, -0.1) is 0 Å². The van der Waals surface area contributed by atoms with Crippen LogP contribution in [0.1, 0.15) is 5.56 Å². The van der Waals surface area contributed by atoms with E-state index < -0.39 is 4.92 Å². The Balaban J connectivity index is 2.02. The van der Waals surface area contributed by atoms with E-state index in [2.05, 4.69) is 26.6 Å². The summed E-state index contributed by atoms with van der Waals surface area (Å²) in [6.07, 6.45) is 0. The van der Waals surface area contributed by atoms with Gasteiger partial charge in [-0.2, -0.15) is 0 Å². The summed E-state index contributed by atoms with van der Waals surface area (Å²) in [6, 6.07) is 11.9. The van der Waals surface area contributed by atoms with Crippen molar-refractivity contribution in [3.05, 3.63) is 62.6 Å². The van der Waals surface area contributed by atoms with Crippen molar-refractivity contribution in [1.29, 1.82) is 0 Å². The van der Waals surface area contributed by atoms with Gasteiger partial charge in [0.2, 0.25) is 0 Å². The SMILES string of the molecule is Cc1cc(Br)ccc1NC(=S)Nc1ccc([N+](=O)[O-])cc1. The number of rotatable bonds is 3. The Labute approximate surface area is 135 Å². The van der Waals surface area contributed by atoms with Gasteiger partial charge < -0.3 is 10.6 Å².